The first-order chi connectivity index (χ1) is 19.8. The Morgan fingerprint density at radius 1 is 0.976 bits per heavy atom. The second kappa shape index (κ2) is 9.20. The number of carbonyl (C=O) groups is 5. The van der Waals surface area contributed by atoms with Gasteiger partial charge in [0.1, 0.15) is 22.8 Å². The molecule has 6 rings (SSSR count). The number of rotatable bonds is 4. The lowest BCUT2D eigenvalue weighted by Gasteiger charge is -2.50. The van der Waals surface area contributed by atoms with Gasteiger partial charge in [-0.2, -0.15) is 0 Å². The summed E-state index contributed by atoms with van der Waals surface area (Å²) in [6.07, 6.45) is 1.57. The van der Waals surface area contributed by atoms with Gasteiger partial charge < -0.3 is 20.1 Å². The van der Waals surface area contributed by atoms with E-state index in [9.17, 15) is 39.3 Å². The molecule has 6 atom stereocenters. The van der Waals surface area contributed by atoms with Crippen LogP contribution in [0.5, 0.6) is 17.2 Å². The van der Waals surface area contributed by atoms with E-state index in [1.807, 2.05) is 0 Å². The normalized spacial score (nSPS) is 32.0. The number of carbonyl (C=O) groups excluding carboxylic acids is 4. The summed E-state index contributed by atoms with van der Waals surface area (Å²) in [6, 6.07) is 7.80. The number of likely N-dealkylation sites (tertiary alicyclic amines) is 1. The molecule has 42 heavy (non-hydrogen) atoms. The highest BCUT2D eigenvalue weighted by molar-refractivity contribution is 6.53. The van der Waals surface area contributed by atoms with Gasteiger partial charge in [0.25, 0.3) is 11.8 Å². The second-order valence-electron chi connectivity index (χ2n) is 10.9. The fourth-order valence-electron chi connectivity index (χ4n) is 7.08. The number of aromatic carboxylic acids is 1. The van der Waals surface area contributed by atoms with Crippen LogP contribution in [0.1, 0.15) is 34.7 Å². The molecular formula is C29H24Cl2N2O9. The molecule has 3 fully saturated rings. The Bertz CT molecular complexity index is 1660. The minimum absolute atomic E-state index is 0.0114. The predicted molar refractivity (Wildman–Crippen MR) is 148 cm³/mol. The molecule has 0 unspecified atom stereocenters. The number of hydrogen-bond acceptors (Lipinski definition) is 8. The van der Waals surface area contributed by atoms with Crippen LogP contribution < -0.4 is 9.64 Å². The quantitative estimate of drug-likeness (QED) is 0.267. The lowest BCUT2D eigenvalue weighted by molar-refractivity contribution is -0.138. The smallest absolute Gasteiger partial charge is 0.339 e. The number of nitrogens with zero attached hydrogens (tertiary/aromatic N) is 2. The molecule has 2 saturated heterocycles. The molecule has 2 heterocycles. The van der Waals surface area contributed by atoms with E-state index in [1.54, 1.807) is 12.1 Å². The first-order valence-electron chi connectivity index (χ1n) is 13.0. The summed E-state index contributed by atoms with van der Waals surface area (Å²) in [6.45, 7) is 0. The van der Waals surface area contributed by atoms with Gasteiger partial charge in [-0.05, 0) is 37.0 Å². The number of carboxylic acid groups (broad SMARTS) is 1. The topological polar surface area (TPSA) is 162 Å². The predicted octanol–water partition coefficient (Wildman–Crippen LogP) is 3.00. The molecule has 0 radical (unpaired) electrons. The molecule has 2 aromatic rings. The largest absolute Gasteiger partial charge is 0.508 e. The molecule has 0 aromatic heterocycles. The Morgan fingerprint density at radius 3 is 2.31 bits per heavy atom. The third kappa shape index (κ3) is 3.43. The molecule has 0 bridgehead atoms. The average Bonchev–Trinajstić information content (AvgIpc) is 3.28. The zero-order valence-corrected chi connectivity index (χ0v) is 23.7. The standard InChI is InChI=1S/C29H24Cl2N2O9/c1-32-26(40)28(30)11-18-14(22(29(28,31)27(32)41)15-6-4-13(42-2)10-20(15)35)7-8-17-21(18)24(37)33(23(17)36)12-3-5-16(25(38)39)19(34)9-12/h3-7,9-10,17-18,21-22,34-35H,8,11H2,1-2H3,(H,38,39)/t17-,18+,21-,22+,28+,29-/m0/s1. The van der Waals surface area contributed by atoms with Gasteiger partial charge in [-0.1, -0.05) is 17.7 Å². The van der Waals surface area contributed by atoms with Crippen molar-refractivity contribution in [2.45, 2.75) is 28.5 Å². The lowest BCUT2D eigenvalue weighted by Crippen LogP contribution is -2.60. The van der Waals surface area contributed by atoms with Crippen LogP contribution in [0.2, 0.25) is 0 Å². The molecule has 4 amide bonds. The molecule has 2 aromatic carbocycles. The van der Waals surface area contributed by atoms with E-state index < -0.39 is 74.3 Å². The summed E-state index contributed by atoms with van der Waals surface area (Å²) in [5.74, 6) is -8.47. The van der Waals surface area contributed by atoms with E-state index >= 15 is 0 Å². The number of hydrogen-bond donors (Lipinski definition) is 3. The van der Waals surface area contributed by atoms with Crippen LogP contribution in [0.15, 0.2) is 48.0 Å². The van der Waals surface area contributed by atoms with E-state index in [2.05, 4.69) is 0 Å². The van der Waals surface area contributed by atoms with Crippen molar-refractivity contribution >= 4 is 58.5 Å². The fourth-order valence-corrected chi connectivity index (χ4v) is 8.09. The zero-order chi connectivity index (χ0) is 30.5. The van der Waals surface area contributed by atoms with Gasteiger partial charge >= 0.3 is 5.97 Å². The fraction of sp³-hybridized carbons (Fsp3) is 0.345. The van der Waals surface area contributed by atoms with Crippen molar-refractivity contribution in [3.8, 4) is 17.2 Å². The van der Waals surface area contributed by atoms with Gasteiger partial charge in [-0.25, -0.2) is 9.69 Å². The minimum Gasteiger partial charge on any atom is -0.508 e. The monoisotopic (exact) mass is 614 g/mol. The van der Waals surface area contributed by atoms with Crippen LogP contribution in [0.3, 0.4) is 0 Å². The maximum absolute atomic E-state index is 14.0. The van der Waals surface area contributed by atoms with Crippen LogP contribution in [0.4, 0.5) is 5.69 Å². The van der Waals surface area contributed by atoms with Crippen LogP contribution in [-0.2, 0) is 19.2 Å². The first-order valence-corrected chi connectivity index (χ1v) is 13.7. The Kier molecular flexibility index (Phi) is 6.15. The summed E-state index contributed by atoms with van der Waals surface area (Å²) in [4.78, 5) is 63.8. The summed E-state index contributed by atoms with van der Waals surface area (Å²) < 4.78 is 5.20. The molecule has 1 saturated carbocycles. The van der Waals surface area contributed by atoms with Crippen molar-refractivity contribution in [3.05, 3.63) is 59.2 Å². The van der Waals surface area contributed by atoms with Crippen molar-refractivity contribution in [1.29, 1.82) is 0 Å². The SMILES string of the molecule is COc1ccc([C@H]2C3=CC[C@@H]4C(=O)N(c5ccc(C(=O)O)c(O)c5)C(=O)[C@@H]4[C@@H]3C[C@@]3(Cl)C(=O)N(C)C(=O)[C@@]23Cl)c(O)c1. The first kappa shape index (κ1) is 28.0. The molecular weight excluding hydrogens is 591 g/mol. The van der Waals surface area contributed by atoms with Crippen molar-refractivity contribution in [3.63, 3.8) is 0 Å². The van der Waals surface area contributed by atoms with Crippen LogP contribution >= 0.6 is 23.2 Å². The molecule has 3 N–H and O–H groups in total. The number of halogens is 2. The van der Waals surface area contributed by atoms with Gasteiger partial charge in [0.2, 0.25) is 11.8 Å². The highest BCUT2D eigenvalue weighted by Crippen LogP contribution is 2.66. The Morgan fingerprint density at radius 2 is 1.69 bits per heavy atom. The lowest BCUT2D eigenvalue weighted by atomic mass is 9.56. The number of benzene rings is 2. The Hall–Kier alpha value is -4.09. The summed E-state index contributed by atoms with van der Waals surface area (Å²) in [7, 11) is 2.68. The third-order valence-electron chi connectivity index (χ3n) is 9.03. The second-order valence-corrected chi connectivity index (χ2v) is 12.2. The highest BCUT2D eigenvalue weighted by Gasteiger charge is 2.76. The third-order valence-corrected chi connectivity index (χ3v) is 10.4. The number of amides is 4. The summed E-state index contributed by atoms with van der Waals surface area (Å²) in [5.41, 5.74) is 0.281. The number of ether oxygens (including phenoxy) is 1. The van der Waals surface area contributed by atoms with Gasteiger partial charge in [-0.3, -0.25) is 24.1 Å². The molecule has 13 heteroatoms. The Labute approximate surface area is 248 Å². The van der Waals surface area contributed by atoms with Gasteiger partial charge in [0.05, 0.1) is 24.6 Å². The number of anilines is 1. The van der Waals surface area contributed by atoms with E-state index in [0.717, 1.165) is 21.9 Å². The van der Waals surface area contributed by atoms with Gasteiger partial charge in [0.15, 0.2) is 9.75 Å². The number of phenols is 2. The summed E-state index contributed by atoms with van der Waals surface area (Å²) in [5, 5.41) is 30.5. The maximum Gasteiger partial charge on any atom is 0.339 e. The number of fused-ring (bicyclic) bond motifs is 4. The Balaban J connectivity index is 1.49. The van der Waals surface area contributed by atoms with Gasteiger partial charge in [-0.15, -0.1) is 23.2 Å². The maximum atomic E-state index is 14.0. The van der Waals surface area contributed by atoms with Crippen molar-refractivity contribution in [1.82, 2.24) is 4.90 Å². The number of carboxylic acids is 1. The minimum atomic E-state index is -2.05. The van der Waals surface area contributed by atoms with Gasteiger partial charge in [0, 0.05) is 30.7 Å². The van der Waals surface area contributed by atoms with Crippen molar-refractivity contribution < 1.29 is 44.0 Å². The van der Waals surface area contributed by atoms with Crippen LogP contribution in [-0.4, -0.2) is 73.7 Å². The number of alkyl halides is 2. The van der Waals surface area contributed by atoms with E-state index in [-0.39, 0.29) is 29.8 Å². The highest BCUT2D eigenvalue weighted by atomic mass is 35.5. The molecule has 2 aliphatic carbocycles. The molecule has 218 valence electrons. The number of methoxy groups -OCH3 is 1. The van der Waals surface area contributed by atoms with Crippen LogP contribution in [0.25, 0.3) is 0 Å². The number of phenolic OH excluding ortho intramolecular Hbond substituents is 1. The van der Waals surface area contributed by atoms with Crippen LogP contribution in [0, 0.1) is 17.8 Å². The zero-order valence-electron chi connectivity index (χ0n) is 22.2. The van der Waals surface area contributed by atoms with E-state index in [1.165, 1.54) is 32.4 Å². The summed E-state index contributed by atoms with van der Waals surface area (Å²) >= 11 is 14.2. The van der Waals surface area contributed by atoms with Crippen molar-refractivity contribution in [2.24, 2.45) is 17.8 Å². The van der Waals surface area contributed by atoms with E-state index in [4.69, 9.17) is 27.9 Å². The van der Waals surface area contributed by atoms with Crippen molar-refractivity contribution in [2.75, 3.05) is 19.1 Å². The molecule has 11 nitrogen and oxygen atoms in total. The average molecular weight is 615 g/mol. The molecule has 0 spiro atoms. The number of allylic oxidation sites excluding steroid dienone is 2. The van der Waals surface area contributed by atoms with E-state index in [0.29, 0.717) is 11.3 Å². The number of aromatic hydroxyl groups is 2. The molecule has 4 aliphatic rings. The number of imide groups is 2. The molecule has 2 aliphatic heterocycles.